The zero-order chi connectivity index (χ0) is 17.9. The van der Waals surface area contributed by atoms with E-state index in [0.29, 0.717) is 0 Å². The summed E-state index contributed by atoms with van der Waals surface area (Å²) < 4.78 is 0. The van der Waals surface area contributed by atoms with Crippen LogP contribution in [0.4, 0.5) is 5.69 Å². The first-order valence-electron chi connectivity index (χ1n) is 8.51. The van der Waals surface area contributed by atoms with Crippen LogP contribution in [-0.4, -0.2) is 5.91 Å². The Bertz CT molecular complexity index is 909. The quantitative estimate of drug-likeness (QED) is 0.605. The zero-order valence-corrected chi connectivity index (χ0v) is 14.9. The molecule has 0 atom stereocenters. The summed E-state index contributed by atoms with van der Waals surface area (Å²) in [7, 11) is 0. The molecule has 126 valence electrons. The second-order valence-electron chi connectivity index (χ2n) is 7.22. The molecule has 1 amide bonds. The van der Waals surface area contributed by atoms with Crippen LogP contribution in [0.15, 0.2) is 72.8 Å². The molecular formula is C23H23NO. The third kappa shape index (κ3) is 4.16. The molecule has 3 aromatic rings. The third-order valence-electron chi connectivity index (χ3n) is 4.25. The molecule has 0 unspecified atom stereocenters. The number of carbonyl (C=O) groups is 1. The molecule has 0 fully saturated rings. The number of hydrogen-bond donors (Lipinski definition) is 1. The van der Waals surface area contributed by atoms with Gasteiger partial charge in [0.25, 0.3) is 0 Å². The number of benzene rings is 3. The number of carbonyl (C=O) groups excluding carboxylic acids is 1. The van der Waals surface area contributed by atoms with E-state index in [1.807, 2.05) is 60.7 Å². The van der Waals surface area contributed by atoms with Gasteiger partial charge in [0.1, 0.15) is 0 Å². The van der Waals surface area contributed by atoms with Gasteiger partial charge in [-0.1, -0.05) is 81.4 Å². The van der Waals surface area contributed by atoms with Gasteiger partial charge in [-0.3, -0.25) is 4.79 Å². The minimum Gasteiger partial charge on any atom is -0.322 e. The van der Waals surface area contributed by atoms with Crippen LogP contribution in [0.1, 0.15) is 31.9 Å². The number of amides is 1. The van der Waals surface area contributed by atoms with Gasteiger partial charge in [-0.15, -0.1) is 0 Å². The second-order valence-corrected chi connectivity index (χ2v) is 7.22. The van der Waals surface area contributed by atoms with Crippen LogP contribution in [0.3, 0.4) is 0 Å². The molecule has 0 aromatic heterocycles. The highest BCUT2D eigenvalue weighted by atomic mass is 16.1. The summed E-state index contributed by atoms with van der Waals surface area (Å²) in [6, 6.07) is 22.3. The minimum absolute atomic E-state index is 0.128. The van der Waals surface area contributed by atoms with Crippen LogP contribution in [0, 0.1) is 0 Å². The van der Waals surface area contributed by atoms with E-state index in [0.717, 1.165) is 22.0 Å². The Morgan fingerprint density at radius 3 is 2.28 bits per heavy atom. The first-order chi connectivity index (χ1) is 11.9. The van der Waals surface area contributed by atoms with Crippen molar-refractivity contribution in [3.05, 3.63) is 83.9 Å². The Morgan fingerprint density at radius 2 is 1.56 bits per heavy atom. The van der Waals surface area contributed by atoms with Crippen LogP contribution in [0.2, 0.25) is 0 Å². The molecule has 0 saturated carbocycles. The van der Waals surface area contributed by atoms with E-state index in [-0.39, 0.29) is 11.3 Å². The van der Waals surface area contributed by atoms with E-state index in [1.54, 1.807) is 6.08 Å². The molecule has 0 aliphatic carbocycles. The van der Waals surface area contributed by atoms with Crippen molar-refractivity contribution >= 4 is 28.4 Å². The summed E-state index contributed by atoms with van der Waals surface area (Å²) in [6.45, 7) is 6.57. The molecule has 0 heterocycles. The van der Waals surface area contributed by atoms with Crippen molar-refractivity contribution in [2.45, 2.75) is 26.2 Å². The smallest absolute Gasteiger partial charge is 0.248 e. The van der Waals surface area contributed by atoms with Gasteiger partial charge in [0.2, 0.25) is 5.91 Å². The SMILES string of the molecule is CC(C)(C)c1ccc(C=CC(=O)Nc2cccc3ccccc23)cc1. The Morgan fingerprint density at radius 1 is 0.880 bits per heavy atom. The first-order valence-corrected chi connectivity index (χ1v) is 8.51. The van der Waals surface area contributed by atoms with Crippen LogP contribution >= 0.6 is 0 Å². The molecule has 2 heteroatoms. The predicted molar refractivity (Wildman–Crippen MR) is 107 cm³/mol. The van der Waals surface area contributed by atoms with Crippen LogP contribution in [-0.2, 0) is 10.2 Å². The molecular weight excluding hydrogens is 306 g/mol. The molecule has 0 radical (unpaired) electrons. The highest BCUT2D eigenvalue weighted by Crippen LogP contribution is 2.24. The lowest BCUT2D eigenvalue weighted by atomic mass is 9.87. The van der Waals surface area contributed by atoms with E-state index in [4.69, 9.17) is 0 Å². The van der Waals surface area contributed by atoms with Crippen LogP contribution in [0.5, 0.6) is 0 Å². The van der Waals surface area contributed by atoms with Gasteiger partial charge in [-0.25, -0.2) is 0 Å². The average molecular weight is 329 g/mol. The number of fused-ring (bicyclic) bond motifs is 1. The molecule has 3 aromatic carbocycles. The largest absolute Gasteiger partial charge is 0.322 e. The van der Waals surface area contributed by atoms with E-state index < -0.39 is 0 Å². The Kier molecular flexibility index (Phi) is 4.71. The normalized spacial score (nSPS) is 11.8. The van der Waals surface area contributed by atoms with Gasteiger partial charge in [-0.05, 0) is 34.1 Å². The standard InChI is InChI=1S/C23H23NO/c1-23(2,3)19-14-11-17(12-15-19)13-16-22(25)24-21-10-6-8-18-7-4-5-9-20(18)21/h4-16H,1-3H3,(H,24,25). The maximum absolute atomic E-state index is 12.3. The average Bonchev–Trinajstić information content (AvgIpc) is 2.60. The van der Waals surface area contributed by atoms with Gasteiger partial charge in [0.05, 0.1) is 0 Å². The van der Waals surface area contributed by atoms with Gasteiger partial charge in [0.15, 0.2) is 0 Å². The molecule has 2 nitrogen and oxygen atoms in total. The number of hydrogen-bond acceptors (Lipinski definition) is 1. The highest BCUT2D eigenvalue weighted by Gasteiger charge is 2.12. The van der Waals surface area contributed by atoms with Crippen molar-refractivity contribution in [3.8, 4) is 0 Å². The molecule has 0 saturated heterocycles. The maximum Gasteiger partial charge on any atom is 0.248 e. The minimum atomic E-state index is -0.128. The fraction of sp³-hybridized carbons (Fsp3) is 0.174. The fourth-order valence-corrected chi connectivity index (χ4v) is 2.77. The monoisotopic (exact) mass is 329 g/mol. The van der Waals surface area contributed by atoms with Crippen molar-refractivity contribution in [1.82, 2.24) is 0 Å². The van der Waals surface area contributed by atoms with Gasteiger partial charge >= 0.3 is 0 Å². The van der Waals surface area contributed by atoms with Crippen LogP contribution < -0.4 is 5.32 Å². The molecule has 0 aliphatic heterocycles. The zero-order valence-electron chi connectivity index (χ0n) is 14.9. The van der Waals surface area contributed by atoms with Crippen LogP contribution in [0.25, 0.3) is 16.8 Å². The summed E-state index contributed by atoms with van der Waals surface area (Å²) in [5.74, 6) is -0.128. The maximum atomic E-state index is 12.3. The van der Waals surface area contributed by atoms with Crippen molar-refractivity contribution in [3.63, 3.8) is 0 Å². The Labute approximate surface area is 149 Å². The number of anilines is 1. The molecule has 0 spiro atoms. The molecule has 25 heavy (non-hydrogen) atoms. The summed E-state index contributed by atoms with van der Waals surface area (Å²) in [4.78, 5) is 12.3. The lowest BCUT2D eigenvalue weighted by molar-refractivity contribution is -0.111. The first kappa shape index (κ1) is 17.0. The third-order valence-corrected chi connectivity index (χ3v) is 4.25. The molecule has 3 rings (SSSR count). The topological polar surface area (TPSA) is 29.1 Å². The molecule has 1 N–H and O–H groups in total. The lowest BCUT2D eigenvalue weighted by Crippen LogP contribution is -2.10. The number of nitrogens with one attached hydrogen (secondary N) is 1. The summed E-state index contributed by atoms with van der Waals surface area (Å²) in [6.07, 6.45) is 3.42. The second kappa shape index (κ2) is 6.94. The molecule has 0 aliphatic rings. The fourth-order valence-electron chi connectivity index (χ4n) is 2.77. The Hall–Kier alpha value is -2.87. The van der Waals surface area contributed by atoms with Crippen molar-refractivity contribution in [2.75, 3.05) is 5.32 Å². The highest BCUT2D eigenvalue weighted by molar-refractivity contribution is 6.07. The van der Waals surface area contributed by atoms with E-state index in [2.05, 4.69) is 38.2 Å². The summed E-state index contributed by atoms with van der Waals surface area (Å²) in [5, 5.41) is 5.12. The van der Waals surface area contributed by atoms with E-state index in [9.17, 15) is 4.79 Å². The van der Waals surface area contributed by atoms with Crippen molar-refractivity contribution in [2.24, 2.45) is 0 Å². The van der Waals surface area contributed by atoms with Gasteiger partial charge < -0.3 is 5.32 Å². The predicted octanol–water partition coefficient (Wildman–Crippen LogP) is 5.79. The van der Waals surface area contributed by atoms with Gasteiger partial charge in [0, 0.05) is 17.1 Å². The Balaban J connectivity index is 1.73. The van der Waals surface area contributed by atoms with E-state index >= 15 is 0 Å². The van der Waals surface area contributed by atoms with Gasteiger partial charge in [-0.2, -0.15) is 0 Å². The van der Waals surface area contributed by atoms with Crippen molar-refractivity contribution in [1.29, 1.82) is 0 Å². The van der Waals surface area contributed by atoms with Crippen molar-refractivity contribution < 1.29 is 4.79 Å². The number of rotatable bonds is 3. The summed E-state index contributed by atoms with van der Waals surface area (Å²) >= 11 is 0. The lowest BCUT2D eigenvalue weighted by Gasteiger charge is -2.18. The summed E-state index contributed by atoms with van der Waals surface area (Å²) in [5.41, 5.74) is 3.26. The van der Waals surface area contributed by atoms with E-state index in [1.165, 1.54) is 5.56 Å². The molecule has 0 bridgehead atoms.